The minimum Gasteiger partial charge on any atom is -0.287 e. The number of ketones is 2. The van der Waals surface area contributed by atoms with Crippen molar-refractivity contribution in [1.82, 2.24) is 0 Å². The molecule has 0 spiro atoms. The third kappa shape index (κ3) is 0.802. The molecule has 13 heavy (non-hydrogen) atoms. The van der Waals surface area contributed by atoms with Gasteiger partial charge in [0.25, 0.3) is 0 Å². The smallest absolute Gasteiger partial charge is 0.287 e. The lowest BCUT2D eigenvalue weighted by molar-refractivity contribution is -0.147. The lowest BCUT2D eigenvalue weighted by Crippen LogP contribution is -2.30. The van der Waals surface area contributed by atoms with Gasteiger partial charge in [0.2, 0.25) is 11.6 Å². The Morgan fingerprint density at radius 3 is 2.46 bits per heavy atom. The molecular formula is C9H6F2O2. The number of carbonyl (C=O) groups is 2. The molecular weight excluding hydrogens is 178 g/mol. The lowest BCUT2D eigenvalue weighted by Gasteiger charge is -2.02. The largest absolute Gasteiger partial charge is 0.371 e. The van der Waals surface area contributed by atoms with Gasteiger partial charge in [0, 0.05) is 11.1 Å². The SMILES string of the molecule is CC1=C2C(=O)C(F)(F)C(=O)C2=CC1. The van der Waals surface area contributed by atoms with Gasteiger partial charge in [-0.25, -0.2) is 0 Å². The number of alkyl halides is 2. The summed E-state index contributed by atoms with van der Waals surface area (Å²) in [5.74, 6) is -6.49. The average molecular weight is 184 g/mol. The van der Waals surface area contributed by atoms with Crippen LogP contribution in [0.15, 0.2) is 22.8 Å². The van der Waals surface area contributed by atoms with E-state index in [1.807, 2.05) is 0 Å². The van der Waals surface area contributed by atoms with E-state index in [4.69, 9.17) is 0 Å². The molecule has 0 bridgehead atoms. The van der Waals surface area contributed by atoms with Gasteiger partial charge >= 0.3 is 5.92 Å². The maximum Gasteiger partial charge on any atom is 0.371 e. The van der Waals surface area contributed by atoms with Crippen molar-refractivity contribution in [2.75, 3.05) is 0 Å². The lowest BCUT2D eigenvalue weighted by atomic mass is 10.1. The van der Waals surface area contributed by atoms with Crippen LogP contribution in [0.3, 0.4) is 0 Å². The minimum absolute atomic E-state index is 0.0602. The molecule has 0 saturated heterocycles. The molecule has 0 unspecified atom stereocenters. The van der Waals surface area contributed by atoms with Gasteiger partial charge in [0.1, 0.15) is 0 Å². The summed E-state index contributed by atoms with van der Waals surface area (Å²) in [4.78, 5) is 22.1. The van der Waals surface area contributed by atoms with Gasteiger partial charge in [-0.3, -0.25) is 9.59 Å². The van der Waals surface area contributed by atoms with Crippen molar-refractivity contribution in [3.05, 3.63) is 22.8 Å². The van der Waals surface area contributed by atoms with Crippen LogP contribution in [-0.2, 0) is 9.59 Å². The zero-order valence-electron chi connectivity index (χ0n) is 6.86. The number of carbonyl (C=O) groups excluding carboxylic acids is 2. The first-order valence-electron chi connectivity index (χ1n) is 3.84. The topological polar surface area (TPSA) is 34.1 Å². The van der Waals surface area contributed by atoms with Gasteiger partial charge in [-0.1, -0.05) is 11.6 Å². The summed E-state index contributed by atoms with van der Waals surface area (Å²) in [5.41, 5.74) is 0.410. The molecule has 0 aromatic heterocycles. The highest BCUT2D eigenvalue weighted by atomic mass is 19.3. The predicted molar refractivity (Wildman–Crippen MR) is 40.4 cm³/mol. The summed E-state index contributed by atoms with van der Waals surface area (Å²) in [6.07, 6.45) is 1.82. The van der Waals surface area contributed by atoms with E-state index in [0.717, 1.165) is 0 Å². The van der Waals surface area contributed by atoms with Crippen LogP contribution < -0.4 is 0 Å². The summed E-state index contributed by atoms with van der Waals surface area (Å²) < 4.78 is 25.7. The first-order chi connectivity index (χ1) is 5.96. The van der Waals surface area contributed by atoms with Gasteiger partial charge in [-0.15, -0.1) is 0 Å². The van der Waals surface area contributed by atoms with Crippen LogP contribution in [-0.4, -0.2) is 17.5 Å². The number of fused-ring (bicyclic) bond motifs is 1. The Labute approximate surface area is 72.9 Å². The fourth-order valence-electron chi connectivity index (χ4n) is 1.64. The molecule has 2 nitrogen and oxygen atoms in total. The fraction of sp³-hybridized carbons (Fsp3) is 0.333. The molecule has 1 saturated carbocycles. The van der Waals surface area contributed by atoms with Gasteiger partial charge < -0.3 is 0 Å². The molecule has 0 N–H and O–H groups in total. The molecule has 0 radical (unpaired) electrons. The van der Waals surface area contributed by atoms with Gasteiger partial charge in [0.15, 0.2) is 0 Å². The molecule has 68 valence electrons. The third-order valence-corrected chi connectivity index (χ3v) is 2.35. The van der Waals surface area contributed by atoms with Crippen LogP contribution in [0.4, 0.5) is 8.78 Å². The van der Waals surface area contributed by atoms with Gasteiger partial charge in [0.05, 0.1) is 0 Å². The highest BCUT2D eigenvalue weighted by molar-refractivity contribution is 6.34. The first-order valence-corrected chi connectivity index (χ1v) is 3.84. The van der Waals surface area contributed by atoms with E-state index in [0.29, 0.717) is 12.0 Å². The monoisotopic (exact) mass is 184 g/mol. The molecule has 2 rings (SSSR count). The highest BCUT2D eigenvalue weighted by Gasteiger charge is 2.58. The highest BCUT2D eigenvalue weighted by Crippen LogP contribution is 2.41. The quantitative estimate of drug-likeness (QED) is 0.533. The first kappa shape index (κ1) is 8.29. The molecule has 1 fully saturated rings. The van der Waals surface area contributed by atoms with Crippen LogP contribution in [0.25, 0.3) is 0 Å². The Hall–Kier alpha value is -1.32. The van der Waals surface area contributed by atoms with Crippen molar-refractivity contribution in [1.29, 1.82) is 0 Å². The second-order valence-corrected chi connectivity index (χ2v) is 3.21. The zero-order chi connectivity index (χ0) is 9.80. The van der Waals surface area contributed by atoms with E-state index in [2.05, 4.69) is 0 Å². The van der Waals surface area contributed by atoms with Crippen LogP contribution in [0.5, 0.6) is 0 Å². The number of allylic oxidation sites excluding steroid dienone is 4. The van der Waals surface area contributed by atoms with Crippen LogP contribution >= 0.6 is 0 Å². The Morgan fingerprint density at radius 2 is 1.92 bits per heavy atom. The van der Waals surface area contributed by atoms with E-state index >= 15 is 0 Å². The number of rotatable bonds is 0. The summed E-state index contributed by atoms with van der Waals surface area (Å²) in [6, 6.07) is 0. The van der Waals surface area contributed by atoms with Crippen LogP contribution in [0, 0.1) is 0 Å². The Bertz CT molecular complexity index is 388. The molecule has 2 aliphatic carbocycles. The number of hydrogen-bond donors (Lipinski definition) is 0. The molecule has 0 aromatic rings. The third-order valence-electron chi connectivity index (χ3n) is 2.35. The molecule has 0 aliphatic heterocycles. The molecule has 0 amide bonds. The number of hydrogen-bond acceptors (Lipinski definition) is 2. The summed E-state index contributed by atoms with van der Waals surface area (Å²) in [6.45, 7) is 1.59. The van der Waals surface area contributed by atoms with E-state index in [9.17, 15) is 18.4 Å². The van der Waals surface area contributed by atoms with Gasteiger partial charge in [-0.2, -0.15) is 8.78 Å². The summed E-state index contributed by atoms with van der Waals surface area (Å²) in [7, 11) is 0. The number of Topliss-reactive ketones (excluding diaryl/α,β-unsaturated/α-hetero) is 2. The minimum atomic E-state index is -3.82. The van der Waals surface area contributed by atoms with E-state index in [1.165, 1.54) is 6.08 Å². The summed E-state index contributed by atoms with van der Waals surface area (Å²) >= 11 is 0. The predicted octanol–water partition coefficient (Wildman–Crippen LogP) is 1.42. The van der Waals surface area contributed by atoms with Crippen LogP contribution in [0.1, 0.15) is 13.3 Å². The maximum absolute atomic E-state index is 12.9. The second-order valence-electron chi connectivity index (χ2n) is 3.21. The average Bonchev–Trinajstić information content (AvgIpc) is 2.50. The van der Waals surface area contributed by atoms with E-state index in [1.54, 1.807) is 6.92 Å². The number of halogens is 2. The van der Waals surface area contributed by atoms with Crippen molar-refractivity contribution in [2.45, 2.75) is 19.3 Å². The van der Waals surface area contributed by atoms with E-state index < -0.39 is 17.5 Å². The van der Waals surface area contributed by atoms with Crippen molar-refractivity contribution in [3.63, 3.8) is 0 Å². The summed E-state index contributed by atoms with van der Waals surface area (Å²) in [5, 5.41) is 0. The zero-order valence-corrected chi connectivity index (χ0v) is 6.86. The second kappa shape index (κ2) is 2.13. The van der Waals surface area contributed by atoms with E-state index in [-0.39, 0.29) is 11.1 Å². The fourth-order valence-corrected chi connectivity index (χ4v) is 1.64. The van der Waals surface area contributed by atoms with Crippen molar-refractivity contribution >= 4 is 11.6 Å². The standard InChI is InChI=1S/C9H6F2O2/c1-4-2-3-5-6(4)8(13)9(10,11)7(5)12/h3H,2H2,1H3. The Morgan fingerprint density at radius 1 is 1.31 bits per heavy atom. The normalized spacial score (nSPS) is 25.3. The Balaban J connectivity index is 2.65. The van der Waals surface area contributed by atoms with Crippen molar-refractivity contribution in [3.8, 4) is 0 Å². The molecule has 2 aliphatic rings. The van der Waals surface area contributed by atoms with Gasteiger partial charge in [-0.05, 0) is 13.3 Å². The van der Waals surface area contributed by atoms with Crippen LogP contribution in [0.2, 0.25) is 0 Å². The maximum atomic E-state index is 12.9. The Kier molecular flexibility index (Phi) is 1.36. The molecule has 0 atom stereocenters. The van der Waals surface area contributed by atoms with Crippen molar-refractivity contribution < 1.29 is 18.4 Å². The molecule has 4 heteroatoms. The van der Waals surface area contributed by atoms with Crippen molar-refractivity contribution in [2.24, 2.45) is 0 Å². The molecule has 0 aromatic carbocycles. The molecule has 0 heterocycles.